The van der Waals surface area contributed by atoms with Crippen LogP contribution in [0.25, 0.3) is 0 Å². The van der Waals surface area contributed by atoms with Gasteiger partial charge in [-0.05, 0) is 48.7 Å². The van der Waals surface area contributed by atoms with Gasteiger partial charge in [0.2, 0.25) is 0 Å². The summed E-state index contributed by atoms with van der Waals surface area (Å²) in [6, 6.07) is 13.8. The lowest BCUT2D eigenvalue weighted by Crippen LogP contribution is -2.31. The van der Waals surface area contributed by atoms with Crippen molar-refractivity contribution in [3.05, 3.63) is 58.1 Å². The van der Waals surface area contributed by atoms with Gasteiger partial charge >= 0.3 is 0 Å². The molecule has 2 aromatic rings. The average molecular weight is 436 g/mol. The van der Waals surface area contributed by atoms with Crippen LogP contribution >= 0.6 is 28.1 Å². The standard InChI is InChI=1S/C20H22BrNO3S/c1-23-19-11-15(20(26)22-12-17-3-2-10-24-17)6-9-18(19)25-13-14-4-7-16(21)8-5-14/h4-9,11,17H,2-3,10,12-13H2,1H3,(H,22,26)/t17-/m0/s1. The smallest absolute Gasteiger partial charge is 0.161 e. The first-order chi connectivity index (χ1) is 12.7. The molecule has 1 N–H and O–H groups in total. The van der Waals surface area contributed by atoms with E-state index in [2.05, 4.69) is 21.2 Å². The number of ether oxygens (including phenoxy) is 3. The quantitative estimate of drug-likeness (QED) is 0.649. The molecule has 2 aromatic carbocycles. The minimum Gasteiger partial charge on any atom is -0.493 e. The van der Waals surface area contributed by atoms with Crippen molar-refractivity contribution >= 4 is 33.1 Å². The van der Waals surface area contributed by atoms with Crippen LogP contribution in [-0.4, -0.2) is 31.4 Å². The number of nitrogens with one attached hydrogen (secondary N) is 1. The van der Waals surface area contributed by atoms with Crippen LogP contribution in [0.2, 0.25) is 0 Å². The Morgan fingerprint density at radius 3 is 2.73 bits per heavy atom. The summed E-state index contributed by atoms with van der Waals surface area (Å²) in [5.74, 6) is 1.36. The van der Waals surface area contributed by atoms with Crippen molar-refractivity contribution in [1.29, 1.82) is 0 Å². The van der Waals surface area contributed by atoms with E-state index >= 15 is 0 Å². The number of rotatable bonds is 7. The van der Waals surface area contributed by atoms with Crippen LogP contribution in [0.4, 0.5) is 0 Å². The first-order valence-corrected chi connectivity index (χ1v) is 9.81. The lowest BCUT2D eigenvalue weighted by molar-refractivity contribution is 0.114. The number of thiocarbonyl (C=S) groups is 1. The fourth-order valence-corrected chi connectivity index (χ4v) is 3.26. The molecule has 4 nitrogen and oxygen atoms in total. The van der Waals surface area contributed by atoms with Crippen LogP contribution in [0.3, 0.4) is 0 Å². The summed E-state index contributed by atoms with van der Waals surface area (Å²) < 4.78 is 18.0. The molecular weight excluding hydrogens is 414 g/mol. The maximum Gasteiger partial charge on any atom is 0.161 e. The van der Waals surface area contributed by atoms with Crippen molar-refractivity contribution in [2.45, 2.75) is 25.6 Å². The summed E-state index contributed by atoms with van der Waals surface area (Å²) in [4.78, 5) is 0.693. The molecule has 0 unspecified atom stereocenters. The zero-order valence-corrected chi connectivity index (χ0v) is 17.1. The molecule has 26 heavy (non-hydrogen) atoms. The molecule has 0 spiro atoms. The van der Waals surface area contributed by atoms with Gasteiger partial charge < -0.3 is 19.5 Å². The Morgan fingerprint density at radius 2 is 2.04 bits per heavy atom. The molecule has 3 rings (SSSR count). The summed E-state index contributed by atoms with van der Waals surface area (Å²) in [6.07, 6.45) is 2.46. The van der Waals surface area contributed by atoms with E-state index in [1.165, 1.54) is 0 Å². The highest BCUT2D eigenvalue weighted by molar-refractivity contribution is 9.10. The molecule has 0 radical (unpaired) electrons. The number of hydrogen-bond acceptors (Lipinski definition) is 4. The Labute approximate surface area is 168 Å². The second-order valence-corrected chi connectivity index (χ2v) is 7.45. The molecule has 6 heteroatoms. The maximum absolute atomic E-state index is 5.91. The van der Waals surface area contributed by atoms with Gasteiger partial charge in [0.1, 0.15) is 11.6 Å². The molecule has 1 fully saturated rings. The van der Waals surface area contributed by atoms with Crippen molar-refractivity contribution in [3.63, 3.8) is 0 Å². The number of hydrogen-bond donors (Lipinski definition) is 1. The Balaban J connectivity index is 1.60. The topological polar surface area (TPSA) is 39.7 Å². The van der Waals surface area contributed by atoms with Crippen molar-refractivity contribution in [3.8, 4) is 11.5 Å². The zero-order valence-electron chi connectivity index (χ0n) is 14.7. The van der Waals surface area contributed by atoms with Gasteiger partial charge in [-0.3, -0.25) is 0 Å². The second kappa shape index (κ2) is 9.35. The minimum atomic E-state index is 0.253. The zero-order chi connectivity index (χ0) is 18.4. The van der Waals surface area contributed by atoms with Crippen LogP contribution in [0.5, 0.6) is 11.5 Å². The molecule has 1 heterocycles. The van der Waals surface area contributed by atoms with Crippen LogP contribution in [-0.2, 0) is 11.3 Å². The van der Waals surface area contributed by atoms with E-state index in [1.54, 1.807) is 7.11 Å². The number of halogens is 1. The summed E-state index contributed by atoms with van der Waals surface area (Å²) in [5.41, 5.74) is 2.00. The van der Waals surface area contributed by atoms with Crippen molar-refractivity contribution in [2.75, 3.05) is 20.3 Å². The molecule has 0 bridgehead atoms. The number of methoxy groups -OCH3 is 1. The molecular formula is C20H22BrNO3S. The third-order valence-electron chi connectivity index (χ3n) is 4.25. The van der Waals surface area contributed by atoms with Crippen molar-refractivity contribution < 1.29 is 14.2 Å². The van der Waals surface area contributed by atoms with Crippen LogP contribution in [0.1, 0.15) is 24.0 Å². The van der Waals surface area contributed by atoms with Crippen molar-refractivity contribution in [1.82, 2.24) is 5.32 Å². The van der Waals surface area contributed by atoms with E-state index in [4.69, 9.17) is 26.4 Å². The Hall–Kier alpha value is -1.63. The van der Waals surface area contributed by atoms with E-state index in [9.17, 15) is 0 Å². The molecule has 1 saturated heterocycles. The molecule has 0 aliphatic carbocycles. The molecule has 1 atom stereocenters. The normalized spacial score (nSPS) is 16.3. The largest absolute Gasteiger partial charge is 0.493 e. The fraction of sp³-hybridized carbons (Fsp3) is 0.350. The SMILES string of the molecule is COc1cc(C(=S)NC[C@@H]2CCCO2)ccc1OCc1ccc(Br)cc1. The second-order valence-electron chi connectivity index (χ2n) is 6.13. The highest BCUT2D eigenvalue weighted by Gasteiger charge is 2.16. The van der Waals surface area contributed by atoms with Crippen LogP contribution in [0.15, 0.2) is 46.9 Å². The first-order valence-electron chi connectivity index (χ1n) is 8.61. The summed E-state index contributed by atoms with van der Waals surface area (Å²) in [5, 5.41) is 3.28. The van der Waals surface area contributed by atoms with E-state index in [1.807, 2.05) is 42.5 Å². The van der Waals surface area contributed by atoms with Gasteiger partial charge in [-0.25, -0.2) is 0 Å². The molecule has 0 saturated carbocycles. The summed E-state index contributed by atoms with van der Waals surface area (Å²) >= 11 is 8.92. The minimum absolute atomic E-state index is 0.253. The highest BCUT2D eigenvalue weighted by atomic mass is 79.9. The Morgan fingerprint density at radius 1 is 1.23 bits per heavy atom. The van der Waals surface area contributed by atoms with Gasteiger partial charge in [0, 0.05) is 23.2 Å². The predicted molar refractivity (Wildman–Crippen MR) is 110 cm³/mol. The monoisotopic (exact) mass is 435 g/mol. The van der Waals surface area contributed by atoms with Crippen LogP contribution in [0, 0.1) is 0 Å². The van der Waals surface area contributed by atoms with E-state index in [-0.39, 0.29) is 6.10 Å². The third kappa shape index (κ3) is 5.19. The van der Waals surface area contributed by atoms with Gasteiger partial charge in [-0.2, -0.15) is 0 Å². The van der Waals surface area contributed by atoms with Gasteiger partial charge in [-0.1, -0.05) is 40.3 Å². The molecule has 1 aliphatic rings. The lowest BCUT2D eigenvalue weighted by Gasteiger charge is -2.15. The molecule has 138 valence electrons. The van der Waals surface area contributed by atoms with E-state index in [0.717, 1.165) is 41.6 Å². The summed E-state index contributed by atoms with van der Waals surface area (Å²) in [6.45, 7) is 2.06. The third-order valence-corrected chi connectivity index (χ3v) is 5.16. The average Bonchev–Trinajstić information content (AvgIpc) is 3.19. The fourth-order valence-electron chi connectivity index (χ4n) is 2.78. The van der Waals surface area contributed by atoms with E-state index < -0.39 is 0 Å². The van der Waals surface area contributed by atoms with Gasteiger partial charge in [0.05, 0.1) is 13.2 Å². The van der Waals surface area contributed by atoms with Gasteiger partial charge in [0.25, 0.3) is 0 Å². The Bertz CT molecular complexity index is 745. The van der Waals surface area contributed by atoms with Gasteiger partial charge in [-0.15, -0.1) is 0 Å². The first kappa shape index (κ1) is 19.1. The predicted octanol–water partition coefficient (Wildman–Crippen LogP) is 4.48. The Kier molecular flexibility index (Phi) is 6.88. The maximum atomic E-state index is 5.91. The van der Waals surface area contributed by atoms with E-state index in [0.29, 0.717) is 23.1 Å². The highest BCUT2D eigenvalue weighted by Crippen LogP contribution is 2.29. The molecule has 1 aliphatic heterocycles. The molecule has 0 amide bonds. The molecule has 0 aromatic heterocycles. The van der Waals surface area contributed by atoms with Crippen molar-refractivity contribution in [2.24, 2.45) is 0 Å². The van der Waals surface area contributed by atoms with Crippen LogP contribution < -0.4 is 14.8 Å². The number of benzene rings is 2. The lowest BCUT2D eigenvalue weighted by atomic mass is 10.2. The summed E-state index contributed by atoms with van der Waals surface area (Å²) in [7, 11) is 1.63. The van der Waals surface area contributed by atoms with Gasteiger partial charge in [0.15, 0.2) is 11.5 Å².